The highest BCUT2D eigenvalue weighted by molar-refractivity contribution is 5.29. The van der Waals surface area contributed by atoms with Gasteiger partial charge in [-0.05, 0) is 111 Å². The molecule has 39 heavy (non-hydrogen) atoms. The van der Waals surface area contributed by atoms with Crippen molar-refractivity contribution in [3.63, 3.8) is 0 Å². The molecule has 0 unspecified atom stereocenters. The second-order valence-corrected chi connectivity index (χ2v) is 12.2. The van der Waals surface area contributed by atoms with Crippen LogP contribution in [0.25, 0.3) is 0 Å². The van der Waals surface area contributed by atoms with E-state index in [1.807, 2.05) is 12.1 Å². The van der Waals surface area contributed by atoms with Crippen LogP contribution in [0.1, 0.15) is 119 Å². The lowest BCUT2D eigenvalue weighted by Gasteiger charge is -2.38. The van der Waals surface area contributed by atoms with Gasteiger partial charge in [-0.3, -0.25) is 0 Å². The van der Waals surface area contributed by atoms with Crippen molar-refractivity contribution >= 4 is 0 Å². The average Bonchev–Trinajstić information content (AvgIpc) is 2.96. The monoisotopic (exact) mass is 546 g/mol. The minimum Gasteiger partial charge on any atom is -0.348 e. The first-order valence-corrected chi connectivity index (χ1v) is 15.1. The molecule has 2 aromatic carbocycles. The maximum atomic E-state index is 15.2. The Morgan fingerprint density at radius 3 is 1.79 bits per heavy atom. The van der Waals surface area contributed by atoms with Gasteiger partial charge in [0.25, 0.3) is 0 Å². The summed E-state index contributed by atoms with van der Waals surface area (Å²) in [6.45, 7) is 3.54. The first-order valence-electron chi connectivity index (χ1n) is 15.1. The van der Waals surface area contributed by atoms with Gasteiger partial charge in [0.15, 0.2) is 23.7 Å². The first-order chi connectivity index (χ1) is 18.9. The third-order valence-corrected chi connectivity index (χ3v) is 9.61. The molecule has 3 fully saturated rings. The molecule has 1 aliphatic heterocycles. The highest BCUT2D eigenvalue weighted by Crippen LogP contribution is 2.46. The molecule has 2 aliphatic carbocycles. The van der Waals surface area contributed by atoms with Crippen molar-refractivity contribution < 1.29 is 27.0 Å². The van der Waals surface area contributed by atoms with E-state index in [0.29, 0.717) is 36.5 Å². The summed E-state index contributed by atoms with van der Waals surface area (Å²) in [5.41, 5.74) is 2.13. The molecule has 0 amide bonds. The second-order valence-electron chi connectivity index (χ2n) is 12.2. The number of benzene rings is 2. The zero-order chi connectivity index (χ0) is 27.4. The summed E-state index contributed by atoms with van der Waals surface area (Å²) in [6.07, 6.45) is 12.2. The van der Waals surface area contributed by atoms with E-state index in [1.165, 1.54) is 19.3 Å². The van der Waals surface area contributed by atoms with Crippen molar-refractivity contribution in [2.75, 3.05) is 13.2 Å². The van der Waals surface area contributed by atoms with Crippen LogP contribution in [-0.2, 0) is 9.47 Å². The molecule has 0 spiro atoms. The summed E-state index contributed by atoms with van der Waals surface area (Å²) < 4.78 is 67.8. The van der Waals surface area contributed by atoms with Crippen LogP contribution in [0.3, 0.4) is 0 Å². The minimum absolute atomic E-state index is 0.0823. The molecule has 1 saturated heterocycles. The molecular formula is C33H42F4O2. The van der Waals surface area contributed by atoms with E-state index in [-0.39, 0.29) is 17.7 Å². The SMILES string of the molecule is CCCCCC1COC(c2ccc(C3CCC(C4CCC(c5cc(F)c(F)c(F)c5)CC4)CC3)c(F)c2)OC1. The van der Waals surface area contributed by atoms with Gasteiger partial charge in [0.05, 0.1) is 13.2 Å². The Labute approximate surface area is 230 Å². The summed E-state index contributed by atoms with van der Waals surface area (Å²) in [4.78, 5) is 0. The van der Waals surface area contributed by atoms with Gasteiger partial charge < -0.3 is 9.47 Å². The van der Waals surface area contributed by atoms with Gasteiger partial charge in [0, 0.05) is 11.5 Å². The smallest absolute Gasteiger partial charge is 0.194 e. The largest absolute Gasteiger partial charge is 0.348 e. The number of hydrogen-bond acceptors (Lipinski definition) is 2. The Kier molecular flexibility index (Phi) is 9.65. The van der Waals surface area contributed by atoms with E-state index in [1.54, 1.807) is 6.07 Å². The lowest BCUT2D eigenvalue weighted by atomic mass is 9.67. The van der Waals surface area contributed by atoms with E-state index < -0.39 is 23.7 Å². The van der Waals surface area contributed by atoms with Crippen LogP contribution in [-0.4, -0.2) is 13.2 Å². The van der Waals surface area contributed by atoms with Crippen LogP contribution in [0.5, 0.6) is 0 Å². The number of hydrogen-bond donors (Lipinski definition) is 0. The van der Waals surface area contributed by atoms with E-state index >= 15 is 4.39 Å². The van der Waals surface area contributed by atoms with Crippen molar-refractivity contribution in [3.05, 3.63) is 70.3 Å². The number of ether oxygens (including phenoxy) is 2. The molecule has 0 aromatic heterocycles. The van der Waals surface area contributed by atoms with Gasteiger partial charge in [-0.1, -0.05) is 38.3 Å². The van der Waals surface area contributed by atoms with Gasteiger partial charge in [-0.2, -0.15) is 0 Å². The highest BCUT2D eigenvalue weighted by atomic mass is 19.2. The maximum Gasteiger partial charge on any atom is 0.194 e. The van der Waals surface area contributed by atoms with Crippen LogP contribution in [0, 0.1) is 41.0 Å². The van der Waals surface area contributed by atoms with Crippen molar-refractivity contribution in [1.29, 1.82) is 0 Å². The van der Waals surface area contributed by atoms with Crippen molar-refractivity contribution in [3.8, 4) is 0 Å². The molecule has 2 nitrogen and oxygen atoms in total. The molecule has 2 aromatic rings. The quantitative estimate of drug-likeness (QED) is 0.186. The van der Waals surface area contributed by atoms with Gasteiger partial charge in [0.1, 0.15) is 5.82 Å². The zero-order valence-electron chi connectivity index (χ0n) is 23.1. The molecule has 5 rings (SSSR count). The van der Waals surface area contributed by atoms with E-state index in [0.717, 1.165) is 81.0 Å². The van der Waals surface area contributed by atoms with Crippen molar-refractivity contribution in [2.24, 2.45) is 17.8 Å². The number of halogens is 4. The van der Waals surface area contributed by atoms with Gasteiger partial charge in [-0.15, -0.1) is 0 Å². The fourth-order valence-electron chi connectivity index (χ4n) is 7.24. The molecular weight excluding hydrogens is 504 g/mol. The number of unbranched alkanes of at least 4 members (excludes halogenated alkanes) is 2. The third-order valence-electron chi connectivity index (χ3n) is 9.61. The minimum atomic E-state index is -1.39. The molecule has 0 radical (unpaired) electrons. The molecule has 0 N–H and O–H groups in total. The Hall–Kier alpha value is -1.92. The molecule has 3 aliphatic rings. The lowest BCUT2D eigenvalue weighted by Crippen LogP contribution is -2.27. The van der Waals surface area contributed by atoms with Gasteiger partial charge in [-0.25, -0.2) is 17.6 Å². The summed E-state index contributed by atoms with van der Waals surface area (Å²) in [7, 11) is 0. The summed E-state index contributed by atoms with van der Waals surface area (Å²) >= 11 is 0. The number of rotatable bonds is 8. The van der Waals surface area contributed by atoms with Crippen LogP contribution in [0.2, 0.25) is 0 Å². The van der Waals surface area contributed by atoms with Crippen LogP contribution < -0.4 is 0 Å². The van der Waals surface area contributed by atoms with Crippen LogP contribution in [0.4, 0.5) is 17.6 Å². The lowest BCUT2D eigenvalue weighted by molar-refractivity contribution is -0.206. The third kappa shape index (κ3) is 6.87. The topological polar surface area (TPSA) is 18.5 Å². The molecule has 0 atom stereocenters. The van der Waals surface area contributed by atoms with E-state index in [9.17, 15) is 13.2 Å². The molecule has 0 bridgehead atoms. The zero-order valence-corrected chi connectivity index (χ0v) is 23.1. The summed E-state index contributed by atoms with van der Waals surface area (Å²) in [6, 6.07) is 7.82. The predicted molar refractivity (Wildman–Crippen MR) is 144 cm³/mol. The first kappa shape index (κ1) is 28.6. The van der Waals surface area contributed by atoms with Crippen LogP contribution >= 0.6 is 0 Å². The molecule has 1 heterocycles. The van der Waals surface area contributed by atoms with Gasteiger partial charge in [0.2, 0.25) is 0 Å². The Bertz CT molecular complexity index is 1060. The summed E-state index contributed by atoms with van der Waals surface area (Å²) in [5.74, 6) is -1.81. The highest BCUT2D eigenvalue weighted by Gasteiger charge is 2.33. The standard InChI is InChI=1S/C33H42F4O2/c1-2-3-4-5-21-19-38-33(39-20-21)26-14-15-28(29(34)16-26)25-12-10-23(11-13-25)22-6-8-24(9-7-22)27-17-30(35)32(37)31(36)18-27/h14-18,21-25,33H,2-13,19-20H2,1H3. The Morgan fingerprint density at radius 1 is 0.667 bits per heavy atom. The molecule has 214 valence electrons. The maximum absolute atomic E-state index is 15.2. The summed E-state index contributed by atoms with van der Waals surface area (Å²) in [5, 5.41) is 0. The Balaban J connectivity index is 1.09. The van der Waals surface area contributed by atoms with Gasteiger partial charge >= 0.3 is 0 Å². The van der Waals surface area contributed by atoms with Crippen molar-refractivity contribution in [2.45, 2.75) is 102 Å². The normalized spacial score (nSPS) is 29.9. The van der Waals surface area contributed by atoms with Crippen LogP contribution in [0.15, 0.2) is 30.3 Å². The Morgan fingerprint density at radius 2 is 1.23 bits per heavy atom. The van der Waals surface area contributed by atoms with E-state index in [2.05, 4.69) is 6.92 Å². The molecule has 6 heteroatoms. The predicted octanol–water partition coefficient (Wildman–Crippen LogP) is 9.73. The second kappa shape index (κ2) is 13.2. The fourth-order valence-corrected chi connectivity index (χ4v) is 7.24. The average molecular weight is 547 g/mol. The van der Waals surface area contributed by atoms with Crippen molar-refractivity contribution in [1.82, 2.24) is 0 Å². The fraction of sp³-hybridized carbons (Fsp3) is 0.636. The van der Waals surface area contributed by atoms with E-state index in [4.69, 9.17) is 9.47 Å². The molecule has 2 saturated carbocycles.